The molecule has 0 saturated carbocycles. The van der Waals surface area contributed by atoms with Crippen molar-refractivity contribution >= 4 is 0 Å². The summed E-state index contributed by atoms with van der Waals surface area (Å²) >= 11 is 0. The number of alkyl halides is 6. The molecular weight excluding hydrogens is 206 g/mol. The predicted molar refractivity (Wildman–Crippen MR) is 26.7 cm³/mol. The van der Waals surface area contributed by atoms with Crippen molar-refractivity contribution in [1.29, 1.82) is 0 Å². The molecule has 0 spiro atoms. The number of hydrogen-bond acceptors (Lipinski definition) is 2. The standard InChI is InChI=1S/C5H4F6O2/c6-1-2(7)13-5(12-1,3(8)9)4(10)11/h1-4H. The van der Waals surface area contributed by atoms with Crippen molar-refractivity contribution < 1.29 is 35.8 Å². The molecule has 0 aromatic carbocycles. The van der Waals surface area contributed by atoms with Gasteiger partial charge >= 0.3 is 0 Å². The lowest BCUT2D eigenvalue weighted by Crippen LogP contribution is -2.46. The van der Waals surface area contributed by atoms with Gasteiger partial charge in [0.25, 0.3) is 31.4 Å². The van der Waals surface area contributed by atoms with Gasteiger partial charge in [-0.15, -0.1) is 0 Å². The topological polar surface area (TPSA) is 18.5 Å². The molecule has 8 heteroatoms. The highest BCUT2D eigenvalue weighted by Crippen LogP contribution is 2.39. The van der Waals surface area contributed by atoms with E-state index in [4.69, 9.17) is 0 Å². The van der Waals surface area contributed by atoms with E-state index in [0.29, 0.717) is 0 Å². The average molecular weight is 210 g/mol. The molecule has 0 N–H and O–H groups in total. The maximum Gasteiger partial charge on any atom is 0.298 e. The average Bonchev–Trinajstić information content (AvgIpc) is 2.29. The minimum atomic E-state index is -3.83. The summed E-state index contributed by atoms with van der Waals surface area (Å²) in [6.45, 7) is 0. The van der Waals surface area contributed by atoms with Crippen LogP contribution >= 0.6 is 0 Å². The first-order valence-electron chi connectivity index (χ1n) is 3.10. The summed E-state index contributed by atoms with van der Waals surface area (Å²) in [6.07, 6.45) is -13.5. The first-order chi connectivity index (χ1) is 5.90. The van der Waals surface area contributed by atoms with E-state index in [1.807, 2.05) is 0 Å². The number of halogens is 6. The summed E-state index contributed by atoms with van der Waals surface area (Å²) in [5.41, 5.74) is 0. The molecule has 0 aromatic rings. The van der Waals surface area contributed by atoms with E-state index in [-0.39, 0.29) is 0 Å². The highest BCUT2D eigenvalue weighted by molar-refractivity contribution is 4.82. The Kier molecular flexibility index (Phi) is 2.71. The summed E-state index contributed by atoms with van der Waals surface area (Å²) in [5, 5.41) is 0. The molecule has 2 atom stereocenters. The first-order valence-corrected chi connectivity index (χ1v) is 3.10. The summed E-state index contributed by atoms with van der Waals surface area (Å²) in [7, 11) is 0. The Labute approximate surface area is 68.4 Å². The van der Waals surface area contributed by atoms with Crippen LogP contribution in [0.4, 0.5) is 26.3 Å². The van der Waals surface area contributed by atoms with E-state index in [2.05, 4.69) is 9.47 Å². The number of hydrogen-bond donors (Lipinski definition) is 0. The molecule has 2 unspecified atom stereocenters. The van der Waals surface area contributed by atoms with Crippen molar-refractivity contribution in [3.8, 4) is 0 Å². The molecule has 1 fully saturated rings. The van der Waals surface area contributed by atoms with Gasteiger partial charge in [-0.1, -0.05) is 0 Å². The van der Waals surface area contributed by atoms with Crippen LogP contribution in [0.25, 0.3) is 0 Å². The van der Waals surface area contributed by atoms with Crippen LogP contribution < -0.4 is 0 Å². The van der Waals surface area contributed by atoms with Gasteiger partial charge < -0.3 is 9.47 Å². The Morgan fingerprint density at radius 2 is 1.15 bits per heavy atom. The van der Waals surface area contributed by atoms with Gasteiger partial charge in [0.15, 0.2) is 0 Å². The zero-order valence-electron chi connectivity index (χ0n) is 5.89. The number of ether oxygens (including phenoxy) is 2. The van der Waals surface area contributed by atoms with Crippen molar-refractivity contribution in [3.05, 3.63) is 0 Å². The normalized spacial score (nSPS) is 33.2. The molecule has 2 nitrogen and oxygen atoms in total. The Hall–Kier alpha value is -0.500. The van der Waals surface area contributed by atoms with E-state index in [1.165, 1.54) is 0 Å². The van der Waals surface area contributed by atoms with E-state index in [9.17, 15) is 26.3 Å². The fourth-order valence-electron chi connectivity index (χ4n) is 0.788. The molecule has 1 aliphatic heterocycles. The minimum absolute atomic E-state index is 2.91. The third kappa shape index (κ3) is 1.60. The SMILES string of the molecule is FC1OC(C(F)F)(C(F)F)OC1F. The lowest BCUT2D eigenvalue weighted by atomic mass is 10.3. The van der Waals surface area contributed by atoms with Crippen molar-refractivity contribution in [2.45, 2.75) is 31.4 Å². The van der Waals surface area contributed by atoms with Gasteiger partial charge in [-0.25, -0.2) is 26.3 Å². The van der Waals surface area contributed by atoms with Gasteiger partial charge in [0.2, 0.25) is 0 Å². The monoisotopic (exact) mass is 210 g/mol. The Morgan fingerprint density at radius 3 is 1.31 bits per heavy atom. The highest BCUT2D eigenvalue weighted by Gasteiger charge is 2.61. The third-order valence-electron chi connectivity index (χ3n) is 1.41. The molecule has 0 aliphatic carbocycles. The van der Waals surface area contributed by atoms with E-state index >= 15 is 0 Å². The fraction of sp³-hybridized carbons (Fsp3) is 1.00. The maximum absolute atomic E-state index is 12.1. The lowest BCUT2D eigenvalue weighted by Gasteiger charge is -2.24. The largest absolute Gasteiger partial charge is 0.301 e. The summed E-state index contributed by atoms with van der Waals surface area (Å²) in [5.74, 6) is -3.78. The molecule has 1 aliphatic rings. The fourth-order valence-corrected chi connectivity index (χ4v) is 0.788. The number of rotatable bonds is 2. The van der Waals surface area contributed by atoms with Gasteiger partial charge in [0.05, 0.1) is 0 Å². The predicted octanol–water partition coefficient (Wildman–Crippen LogP) is 1.85. The second kappa shape index (κ2) is 3.33. The molecule has 0 bridgehead atoms. The van der Waals surface area contributed by atoms with E-state index in [1.54, 1.807) is 0 Å². The minimum Gasteiger partial charge on any atom is -0.301 e. The molecule has 1 heterocycles. The molecular formula is C5H4F6O2. The van der Waals surface area contributed by atoms with Crippen LogP contribution in [0.15, 0.2) is 0 Å². The molecule has 1 rings (SSSR count). The Morgan fingerprint density at radius 1 is 0.846 bits per heavy atom. The van der Waals surface area contributed by atoms with Crippen molar-refractivity contribution in [2.24, 2.45) is 0 Å². The zero-order chi connectivity index (χ0) is 10.2. The summed E-state index contributed by atoms with van der Waals surface area (Å²) < 4.78 is 78.8. The van der Waals surface area contributed by atoms with Crippen LogP contribution in [0.3, 0.4) is 0 Å². The van der Waals surface area contributed by atoms with Crippen molar-refractivity contribution in [1.82, 2.24) is 0 Å². The van der Waals surface area contributed by atoms with Crippen LogP contribution in [0.5, 0.6) is 0 Å². The van der Waals surface area contributed by atoms with Gasteiger partial charge in [-0.05, 0) is 0 Å². The van der Waals surface area contributed by atoms with Crippen molar-refractivity contribution in [2.75, 3.05) is 0 Å². The van der Waals surface area contributed by atoms with Gasteiger partial charge in [-0.2, -0.15) is 0 Å². The van der Waals surface area contributed by atoms with Crippen LogP contribution in [0.2, 0.25) is 0 Å². The second-order valence-electron chi connectivity index (χ2n) is 2.26. The zero-order valence-corrected chi connectivity index (χ0v) is 5.89. The van der Waals surface area contributed by atoms with Crippen LogP contribution in [-0.2, 0) is 9.47 Å². The molecule has 0 amide bonds. The van der Waals surface area contributed by atoms with Crippen LogP contribution in [-0.4, -0.2) is 31.4 Å². The van der Waals surface area contributed by atoms with Gasteiger partial charge in [0, 0.05) is 0 Å². The summed E-state index contributed by atoms with van der Waals surface area (Å²) in [6, 6.07) is 0. The molecule has 0 radical (unpaired) electrons. The molecule has 0 aromatic heterocycles. The first kappa shape index (κ1) is 10.6. The highest BCUT2D eigenvalue weighted by atomic mass is 19.3. The Bertz CT molecular complexity index is 166. The third-order valence-corrected chi connectivity index (χ3v) is 1.41. The maximum atomic E-state index is 12.1. The molecule has 13 heavy (non-hydrogen) atoms. The van der Waals surface area contributed by atoms with Gasteiger partial charge in [0.1, 0.15) is 0 Å². The van der Waals surface area contributed by atoms with E-state index < -0.39 is 31.4 Å². The Balaban J connectivity index is 2.83. The smallest absolute Gasteiger partial charge is 0.298 e. The van der Waals surface area contributed by atoms with Crippen LogP contribution in [0.1, 0.15) is 0 Å². The lowest BCUT2D eigenvalue weighted by molar-refractivity contribution is -0.312. The molecule has 1 saturated heterocycles. The van der Waals surface area contributed by atoms with Crippen molar-refractivity contribution in [3.63, 3.8) is 0 Å². The van der Waals surface area contributed by atoms with Gasteiger partial charge in [-0.3, -0.25) is 0 Å². The van der Waals surface area contributed by atoms with E-state index in [0.717, 1.165) is 0 Å². The second-order valence-corrected chi connectivity index (χ2v) is 2.26. The van der Waals surface area contributed by atoms with Crippen LogP contribution in [0, 0.1) is 0 Å². The summed E-state index contributed by atoms with van der Waals surface area (Å²) in [4.78, 5) is 0. The molecule has 78 valence electrons. The quantitative estimate of drug-likeness (QED) is 0.647.